The molecule has 1 heterocycles. The maximum atomic E-state index is 6.70. The molecule has 0 amide bonds. The maximum Gasteiger partial charge on any atom is 0.244 e. The van der Waals surface area contributed by atoms with E-state index in [4.69, 9.17) is 18.2 Å². The Bertz CT molecular complexity index is 318. The molecule has 0 atom stereocenters. The molecule has 0 aliphatic heterocycles. The van der Waals surface area contributed by atoms with Gasteiger partial charge in [0, 0.05) is 0 Å². The van der Waals surface area contributed by atoms with Crippen molar-refractivity contribution in [3.63, 3.8) is 0 Å². The van der Waals surface area contributed by atoms with Gasteiger partial charge >= 0.3 is 0 Å². The number of rotatable bonds is 1. The molecule has 0 saturated carbocycles. The monoisotopic (exact) mass is 181 g/mol. The summed E-state index contributed by atoms with van der Waals surface area (Å²) in [5, 5.41) is 0.399. The van der Waals surface area contributed by atoms with Gasteiger partial charge in [0.05, 0.1) is 11.3 Å². The van der Waals surface area contributed by atoms with Crippen molar-refractivity contribution in [2.75, 3.05) is 0 Å². The molecule has 1 aromatic heterocycles. The van der Waals surface area contributed by atoms with Crippen LogP contribution in [0.15, 0.2) is 0 Å². The van der Waals surface area contributed by atoms with E-state index in [0.29, 0.717) is 11.0 Å². The van der Waals surface area contributed by atoms with Crippen LogP contribution in [0.25, 0.3) is 4.85 Å². The van der Waals surface area contributed by atoms with E-state index < -0.39 is 0 Å². The van der Waals surface area contributed by atoms with Gasteiger partial charge < -0.3 is 4.85 Å². The van der Waals surface area contributed by atoms with E-state index in [1.807, 2.05) is 6.92 Å². The van der Waals surface area contributed by atoms with Crippen LogP contribution in [0.1, 0.15) is 17.1 Å². The number of hydrogen-bond acceptors (Lipinski definition) is 2. The quantitative estimate of drug-likeness (QED) is 0.491. The first-order valence-electron chi connectivity index (χ1n) is 3.48. The van der Waals surface area contributed by atoms with Gasteiger partial charge in [-0.05, 0) is 13.8 Å². The highest BCUT2D eigenvalue weighted by molar-refractivity contribution is 6.30. The fraction of sp³-hybridized carbons (Fsp3) is 0.375. The van der Waals surface area contributed by atoms with Gasteiger partial charge in [0.1, 0.15) is 11.0 Å². The third-order valence-corrected chi connectivity index (χ3v) is 1.83. The number of nitrogens with zero attached hydrogens (tertiary/aromatic N) is 3. The predicted octanol–water partition coefficient (Wildman–Crippen LogP) is 2.17. The van der Waals surface area contributed by atoms with E-state index in [9.17, 15) is 0 Å². The molecule has 0 aliphatic carbocycles. The van der Waals surface area contributed by atoms with Crippen molar-refractivity contribution in [3.8, 4) is 0 Å². The van der Waals surface area contributed by atoms with Crippen LogP contribution in [0.2, 0.25) is 5.15 Å². The predicted molar refractivity (Wildman–Crippen MR) is 46.8 cm³/mol. The number of aryl methyl sites for hydroxylation is 2. The Hall–Kier alpha value is -1.14. The lowest BCUT2D eigenvalue weighted by Gasteiger charge is -2.01. The summed E-state index contributed by atoms with van der Waals surface area (Å²) in [6.45, 7) is 10.6. The topological polar surface area (TPSA) is 30.1 Å². The minimum Gasteiger partial charge on any atom is -0.312 e. The minimum atomic E-state index is 0.255. The van der Waals surface area contributed by atoms with Crippen molar-refractivity contribution >= 4 is 11.6 Å². The molecule has 0 spiro atoms. The van der Waals surface area contributed by atoms with E-state index in [0.717, 1.165) is 11.3 Å². The summed E-state index contributed by atoms with van der Waals surface area (Å²) >= 11 is 5.82. The summed E-state index contributed by atoms with van der Waals surface area (Å²) < 4.78 is 0. The summed E-state index contributed by atoms with van der Waals surface area (Å²) in [7, 11) is 0. The average molecular weight is 182 g/mol. The zero-order chi connectivity index (χ0) is 9.14. The molecule has 0 aliphatic rings. The molecule has 62 valence electrons. The Morgan fingerprint density at radius 3 is 2.58 bits per heavy atom. The third kappa shape index (κ3) is 1.72. The molecular formula is C8H8ClN3. The highest BCUT2D eigenvalue weighted by atomic mass is 35.5. The standard InChI is InChI=1S/C8H8ClN3/c1-5-7(4-10-3)8(9)12-6(2)11-5/h4H2,1-2H3. The Labute approximate surface area is 76.2 Å². The summed E-state index contributed by atoms with van der Waals surface area (Å²) in [5.41, 5.74) is 1.53. The molecule has 0 fully saturated rings. The number of aromatic nitrogens is 2. The summed E-state index contributed by atoms with van der Waals surface area (Å²) in [4.78, 5) is 11.3. The smallest absolute Gasteiger partial charge is 0.244 e. The highest BCUT2D eigenvalue weighted by Crippen LogP contribution is 2.16. The molecule has 0 N–H and O–H groups in total. The van der Waals surface area contributed by atoms with Gasteiger partial charge in [-0.15, -0.1) is 0 Å². The second kappa shape index (κ2) is 3.51. The molecule has 0 aromatic carbocycles. The molecule has 1 aromatic rings. The fourth-order valence-corrected chi connectivity index (χ4v) is 1.27. The second-order valence-electron chi connectivity index (χ2n) is 2.44. The van der Waals surface area contributed by atoms with Crippen LogP contribution in [0.5, 0.6) is 0 Å². The van der Waals surface area contributed by atoms with Crippen molar-refractivity contribution in [1.29, 1.82) is 0 Å². The first-order valence-corrected chi connectivity index (χ1v) is 3.85. The van der Waals surface area contributed by atoms with Gasteiger partial charge in [-0.25, -0.2) is 16.5 Å². The largest absolute Gasteiger partial charge is 0.312 e. The summed E-state index contributed by atoms with van der Waals surface area (Å²) in [6.07, 6.45) is 0. The van der Waals surface area contributed by atoms with E-state index in [1.54, 1.807) is 6.92 Å². The zero-order valence-electron chi connectivity index (χ0n) is 6.93. The van der Waals surface area contributed by atoms with Crippen molar-refractivity contribution in [2.45, 2.75) is 20.4 Å². The van der Waals surface area contributed by atoms with Crippen LogP contribution in [-0.4, -0.2) is 9.97 Å². The van der Waals surface area contributed by atoms with Crippen LogP contribution in [0.4, 0.5) is 0 Å². The molecule has 4 heteroatoms. The van der Waals surface area contributed by atoms with Crippen molar-refractivity contribution in [3.05, 3.63) is 33.7 Å². The molecule has 0 bridgehead atoms. The highest BCUT2D eigenvalue weighted by Gasteiger charge is 2.09. The number of halogens is 1. The lowest BCUT2D eigenvalue weighted by molar-refractivity contribution is 0.967. The Morgan fingerprint density at radius 2 is 2.08 bits per heavy atom. The van der Waals surface area contributed by atoms with Crippen molar-refractivity contribution in [2.24, 2.45) is 0 Å². The molecule has 0 saturated heterocycles. The molecular weight excluding hydrogens is 174 g/mol. The summed E-state index contributed by atoms with van der Waals surface area (Å²) in [5.74, 6) is 0.645. The molecule has 12 heavy (non-hydrogen) atoms. The zero-order valence-corrected chi connectivity index (χ0v) is 7.68. The maximum absolute atomic E-state index is 6.70. The van der Waals surface area contributed by atoms with Gasteiger partial charge in [-0.1, -0.05) is 11.6 Å². The van der Waals surface area contributed by atoms with Crippen LogP contribution in [0.3, 0.4) is 0 Å². The fourth-order valence-electron chi connectivity index (χ4n) is 0.953. The van der Waals surface area contributed by atoms with Crippen LogP contribution in [0, 0.1) is 20.4 Å². The molecule has 0 radical (unpaired) electrons. The van der Waals surface area contributed by atoms with Gasteiger partial charge in [-0.3, -0.25) is 0 Å². The molecule has 1 rings (SSSR count). The number of hydrogen-bond donors (Lipinski definition) is 0. The molecule has 3 nitrogen and oxygen atoms in total. The van der Waals surface area contributed by atoms with Crippen molar-refractivity contribution in [1.82, 2.24) is 9.97 Å². The SMILES string of the molecule is [C-]#[N+]Cc1c(C)nc(C)nc1Cl. The Morgan fingerprint density at radius 1 is 1.42 bits per heavy atom. The van der Waals surface area contributed by atoms with E-state index in [2.05, 4.69) is 14.8 Å². The molecule has 0 unspecified atom stereocenters. The van der Waals surface area contributed by atoms with Crippen LogP contribution in [-0.2, 0) is 6.54 Å². The van der Waals surface area contributed by atoms with Crippen molar-refractivity contribution < 1.29 is 0 Å². The van der Waals surface area contributed by atoms with Gasteiger partial charge in [0.15, 0.2) is 0 Å². The van der Waals surface area contributed by atoms with E-state index >= 15 is 0 Å². The third-order valence-electron chi connectivity index (χ3n) is 1.51. The van der Waals surface area contributed by atoms with Gasteiger partial charge in [-0.2, -0.15) is 0 Å². The van der Waals surface area contributed by atoms with Gasteiger partial charge in [0.2, 0.25) is 6.54 Å². The average Bonchev–Trinajstić information content (AvgIpc) is 1.96. The lowest BCUT2D eigenvalue weighted by Crippen LogP contribution is -1.98. The van der Waals surface area contributed by atoms with Gasteiger partial charge in [0.25, 0.3) is 0 Å². The second-order valence-corrected chi connectivity index (χ2v) is 2.80. The Balaban J connectivity index is 3.21. The minimum absolute atomic E-state index is 0.255. The lowest BCUT2D eigenvalue weighted by atomic mass is 10.2. The van der Waals surface area contributed by atoms with E-state index in [-0.39, 0.29) is 6.54 Å². The van der Waals surface area contributed by atoms with E-state index in [1.165, 1.54) is 0 Å². The normalized spacial score (nSPS) is 9.50. The first kappa shape index (κ1) is 8.95. The Kier molecular flexibility index (Phi) is 2.61. The van der Waals surface area contributed by atoms with Crippen LogP contribution < -0.4 is 0 Å². The summed E-state index contributed by atoms with van der Waals surface area (Å²) in [6, 6.07) is 0. The van der Waals surface area contributed by atoms with Crippen LogP contribution >= 0.6 is 11.6 Å². The first-order chi connectivity index (χ1) is 5.65.